The molecule has 0 atom stereocenters. The molecule has 1 heterocycles. The molecule has 80 valence electrons. The summed E-state index contributed by atoms with van der Waals surface area (Å²) in [5.74, 6) is 0.936. The highest BCUT2D eigenvalue weighted by atomic mass is 16.5. The standard InChI is InChI=1S/C10H19N3O/c1-4-5-13(3)8-10-6-9(7-11-2)12-14-10/h6,11H,4-5,7-8H2,1-3H3. The van der Waals surface area contributed by atoms with Gasteiger partial charge in [-0.3, -0.25) is 4.90 Å². The van der Waals surface area contributed by atoms with Crippen LogP contribution in [0.4, 0.5) is 0 Å². The molecule has 0 aromatic carbocycles. The minimum absolute atomic E-state index is 0.765. The van der Waals surface area contributed by atoms with Crippen LogP contribution in [0.2, 0.25) is 0 Å². The van der Waals surface area contributed by atoms with Gasteiger partial charge in [0.1, 0.15) is 0 Å². The lowest BCUT2D eigenvalue weighted by Crippen LogP contribution is -2.17. The Morgan fingerprint density at radius 2 is 2.36 bits per heavy atom. The molecule has 1 rings (SSSR count). The van der Waals surface area contributed by atoms with Crippen molar-refractivity contribution in [3.05, 3.63) is 17.5 Å². The number of aromatic nitrogens is 1. The summed E-state index contributed by atoms with van der Waals surface area (Å²) < 4.78 is 5.20. The summed E-state index contributed by atoms with van der Waals surface area (Å²) in [6, 6.07) is 2.00. The van der Waals surface area contributed by atoms with Crippen molar-refractivity contribution >= 4 is 0 Å². The SMILES string of the molecule is CCCN(C)Cc1cc(CNC)no1. The maximum absolute atomic E-state index is 5.20. The normalized spacial score (nSPS) is 11.1. The van der Waals surface area contributed by atoms with Crippen LogP contribution in [-0.4, -0.2) is 30.7 Å². The molecule has 1 aromatic heterocycles. The zero-order valence-corrected chi connectivity index (χ0v) is 9.21. The van der Waals surface area contributed by atoms with Crippen LogP contribution in [0.25, 0.3) is 0 Å². The fourth-order valence-electron chi connectivity index (χ4n) is 1.42. The van der Waals surface area contributed by atoms with Gasteiger partial charge in [0.05, 0.1) is 12.2 Å². The second-order valence-electron chi connectivity index (χ2n) is 3.55. The molecule has 0 bridgehead atoms. The molecule has 0 aliphatic heterocycles. The predicted molar refractivity (Wildman–Crippen MR) is 55.9 cm³/mol. The first kappa shape index (κ1) is 11.2. The van der Waals surface area contributed by atoms with E-state index in [1.165, 1.54) is 0 Å². The van der Waals surface area contributed by atoms with Crippen LogP contribution >= 0.6 is 0 Å². The van der Waals surface area contributed by atoms with Crippen molar-refractivity contribution in [1.82, 2.24) is 15.4 Å². The zero-order valence-electron chi connectivity index (χ0n) is 9.21. The molecule has 14 heavy (non-hydrogen) atoms. The van der Waals surface area contributed by atoms with E-state index >= 15 is 0 Å². The van der Waals surface area contributed by atoms with Crippen molar-refractivity contribution < 1.29 is 4.52 Å². The lowest BCUT2D eigenvalue weighted by molar-refractivity contribution is 0.272. The van der Waals surface area contributed by atoms with Gasteiger partial charge in [-0.15, -0.1) is 0 Å². The van der Waals surface area contributed by atoms with Crippen LogP contribution in [0.15, 0.2) is 10.6 Å². The Balaban J connectivity index is 2.42. The van der Waals surface area contributed by atoms with E-state index in [9.17, 15) is 0 Å². The predicted octanol–water partition coefficient (Wildman–Crippen LogP) is 1.24. The van der Waals surface area contributed by atoms with Crippen LogP contribution in [0.1, 0.15) is 24.8 Å². The maximum Gasteiger partial charge on any atom is 0.151 e. The third kappa shape index (κ3) is 3.47. The minimum Gasteiger partial charge on any atom is -0.360 e. The fourth-order valence-corrected chi connectivity index (χ4v) is 1.42. The lowest BCUT2D eigenvalue weighted by Gasteiger charge is -2.12. The topological polar surface area (TPSA) is 41.3 Å². The number of hydrogen-bond acceptors (Lipinski definition) is 4. The van der Waals surface area contributed by atoms with Crippen molar-refractivity contribution in [3.63, 3.8) is 0 Å². The summed E-state index contributed by atoms with van der Waals surface area (Å²) in [6.45, 7) is 4.86. The van der Waals surface area contributed by atoms with Gasteiger partial charge in [-0.2, -0.15) is 0 Å². The van der Waals surface area contributed by atoms with E-state index in [-0.39, 0.29) is 0 Å². The van der Waals surface area contributed by atoms with Crippen molar-refractivity contribution in [1.29, 1.82) is 0 Å². The molecular weight excluding hydrogens is 178 g/mol. The Hall–Kier alpha value is -0.870. The van der Waals surface area contributed by atoms with Crippen molar-refractivity contribution in [3.8, 4) is 0 Å². The smallest absolute Gasteiger partial charge is 0.151 e. The van der Waals surface area contributed by atoms with E-state index in [2.05, 4.69) is 29.3 Å². The van der Waals surface area contributed by atoms with Gasteiger partial charge < -0.3 is 9.84 Å². The molecular formula is C10H19N3O. The molecule has 0 spiro atoms. The summed E-state index contributed by atoms with van der Waals surface area (Å²) in [5, 5.41) is 6.99. The first-order valence-electron chi connectivity index (χ1n) is 5.04. The summed E-state index contributed by atoms with van der Waals surface area (Å²) in [7, 11) is 3.99. The Morgan fingerprint density at radius 3 is 3.00 bits per heavy atom. The van der Waals surface area contributed by atoms with E-state index in [1.54, 1.807) is 0 Å². The quantitative estimate of drug-likeness (QED) is 0.745. The van der Waals surface area contributed by atoms with Gasteiger partial charge in [0.25, 0.3) is 0 Å². The highest BCUT2D eigenvalue weighted by Gasteiger charge is 2.05. The average Bonchev–Trinajstić information content (AvgIpc) is 2.53. The molecule has 0 saturated heterocycles. The third-order valence-electron chi connectivity index (χ3n) is 2.00. The molecule has 0 unspecified atom stereocenters. The largest absolute Gasteiger partial charge is 0.360 e. The van der Waals surface area contributed by atoms with Crippen LogP contribution in [0.5, 0.6) is 0 Å². The zero-order chi connectivity index (χ0) is 10.4. The number of nitrogens with zero attached hydrogens (tertiary/aromatic N) is 2. The first-order chi connectivity index (χ1) is 6.76. The van der Waals surface area contributed by atoms with E-state index in [0.717, 1.165) is 37.5 Å². The number of rotatable bonds is 6. The van der Waals surface area contributed by atoms with Gasteiger partial charge in [0.15, 0.2) is 5.76 Å². The highest BCUT2D eigenvalue weighted by Crippen LogP contribution is 2.06. The van der Waals surface area contributed by atoms with Crippen LogP contribution in [0.3, 0.4) is 0 Å². The Morgan fingerprint density at radius 1 is 1.57 bits per heavy atom. The molecule has 1 aromatic rings. The maximum atomic E-state index is 5.20. The Labute approximate surface area is 85.3 Å². The van der Waals surface area contributed by atoms with E-state index in [1.807, 2.05) is 13.1 Å². The van der Waals surface area contributed by atoms with E-state index in [0.29, 0.717) is 0 Å². The summed E-state index contributed by atoms with van der Waals surface area (Å²) in [5.41, 5.74) is 0.965. The lowest BCUT2D eigenvalue weighted by atomic mass is 10.3. The molecule has 0 fully saturated rings. The molecule has 0 amide bonds. The van der Waals surface area contributed by atoms with Gasteiger partial charge in [-0.1, -0.05) is 12.1 Å². The molecule has 0 radical (unpaired) electrons. The molecule has 0 aliphatic rings. The third-order valence-corrected chi connectivity index (χ3v) is 2.00. The molecule has 1 N–H and O–H groups in total. The number of nitrogens with one attached hydrogen (secondary N) is 1. The Bertz CT molecular complexity index is 260. The summed E-state index contributed by atoms with van der Waals surface area (Å²) >= 11 is 0. The van der Waals surface area contributed by atoms with Crippen LogP contribution in [0, 0.1) is 0 Å². The van der Waals surface area contributed by atoms with Crippen molar-refractivity contribution in [2.45, 2.75) is 26.4 Å². The van der Waals surface area contributed by atoms with E-state index in [4.69, 9.17) is 4.52 Å². The van der Waals surface area contributed by atoms with Crippen molar-refractivity contribution in [2.75, 3.05) is 20.6 Å². The van der Waals surface area contributed by atoms with Crippen LogP contribution < -0.4 is 5.32 Å². The van der Waals surface area contributed by atoms with E-state index < -0.39 is 0 Å². The second kappa shape index (κ2) is 5.78. The molecule has 4 nitrogen and oxygen atoms in total. The molecule has 0 aliphatic carbocycles. The van der Waals surface area contributed by atoms with Gasteiger partial charge in [-0.25, -0.2) is 0 Å². The molecule has 0 saturated carbocycles. The van der Waals surface area contributed by atoms with Gasteiger partial charge in [0.2, 0.25) is 0 Å². The Kier molecular flexibility index (Phi) is 4.62. The monoisotopic (exact) mass is 197 g/mol. The number of hydrogen-bond donors (Lipinski definition) is 1. The first-order valence-corrected chi connectivity index (χ1v) is 5.04. The summed E-state index contributed by atoms with van der Waals surface area (Å²) in [4.78, 5) is 2.23. The van der Waals surface area contributed by atoms with Gasteiger partial charge in [0, 0.05) is 12.6 Å². The van der Waals surface area contributed by atoms with Gasteiger partial charge in [-0.05, 0) is 27.1 Å². The highest BCUT2D eigenvalue weighted by molar-refractivity contribution is 5.04. The van der Waals surface area contributed by atoms with Crippen molar-refractivity contribution in [2.24, 2.45) is 0 Å². The molecule has 4 heteroatoms. The van der Waals surface area contributed by atoms with Gasteiger partial charge >= 0.3 is 0 Å². The average molecular weight is 197 g/mol. The minimum atomic E-state index is 0.765. The summed E-state index contributed by atoms with van der Waals surface area (Å²) in [6.07, 6.45) is 1.16. The fraction of sp³-hybridized carbons (Fsp3) is 0.700. The second-order valence-corrected chi connectivity index (χ2v) is 3.55. The van der Waals surface area contributed by atoms with Crippen LogP contribution in [-0.2, 0) is 13.1 Å².